The lowest BCUT2D eigenvalue weighted by Crippen LogP contribution is -2.12. The van der Waals surface area contributed by atoms with E-state index < -0.39 is 0 Å². The monoisotopic (exact) mass is 578 g/mol. The first kappa shape index (κ1) is 25.4. The Morgan fingerprint density at radius 2 is 1.21 bits per heavy atom. The third-order valence-corrected chi connectivity index (χ3v) is 6.41. The Hall–Kier alpha value is -2.25. The van der Waals surface area contributed by atoms with Gasteiger partial charge in [-0.05, 0) is 113 Å². The van der Waals surface area contributed by atoms with Crippen molar-refractivity contribution in [2.45, 2.75) is 33.1 Å². The summed E-state index contributed by atoms with van der Waals surface area (Å²) in [6.45, 7) is 4.90. The number of halogens is 2. The van der Waals surface area contributed by atoms with E-state index in [1.165, 1.54) is 0 Å². The van der Waals surface area contributed by atoms with E-state index in [-0.39, 0.29) is 5.78 Å². The zero-order chi connectivity index (χ0) is 24.0. The standard InChI is InChI=1S/C26H28Br2O5/c1-5-32-22-14-16(12-20(27)25(22)30-3)10-18-8-7-9-19(24(18)29)11-17-13-21(28)26(31-4)23(15-17)33-6-2/h10-15H,5-9H2,1-4H3/b18-10-,19-11-. The molecule has 0 aromatic heterocycles. The second-order valence-electron chi connectivity index (χ2n) is 7.46. The molecule has 3 rings (SSSR count). The highest BCUT2D eigenvalue weighted by atomic mass is 79.9. The molecule has 0 N–H and O–H groups in total. The average Bonchev–Trinajstić information content (AvgIpc) is 2.77. The molecule has 0 unspecified atom stereocenters. The van der Waals surface area contributed by atoms with Crippen LogP contribution in [0.4, 0.5) is 0 Å². The summed E-state index contributed by atoms with van der Waals surface area (Å²) in [7, 11) is 3.22. The highest BCUT2D eigenvalue weighted by Crippen LogP contribution is 2.39. The van der Waals surface area contributed by atoms with Gasteiger partial charge in [-0.25, -0.2) is 0 Å². The normalized spacial score (nSPS) is 16.2. The summed E-state index contributed by atoms with van der Waals surface area (Å²) in [5.41, 5.74) is 3.34. The van der Waals surface area contributed by atoms with Crippen molar-refractivity contribution in [3.05, 3.63) is 55.5 Å². The van der Waals surface area contributed by atoms with Gasteiger partial charge in [-0.2, -0.15) is 0 Å². The zero-order valence-corrected chi connectivity index (χ0v) is 22.5. The number of allylic oxidation sites excluding steroid dienone is 2. The maximum atomic E-state index is 13.3. The third kappa shape index (κ3) is 6.01. The minimum atomic E-state index is 0.0658. The molecule has 2 aromatic rings. The van der Waals surface area contributed by atoms with E-state index in [1.54, 1.807) is 14.2 Å². The number of hydrogen-bond acceptors (Lipinski definition) is 5. The second-order valence-corrected chi connectivity index (χ2v) is 9.16. The molecular weight excluding hydrogens is 552 g/mol. The molecule has 5 nitrogen and oxygen atoms in total. The molecule has 176 valence electrons. The lowest BCUT2D eigenvalue weighted by atomic mass is 9.87. The Kier molecular flexibility index (Phi) is 9.03. The van der Waals surface area contributed by atoms with E-state index in [9.17, 15) is 4.79 Å². The minimum absolute atomic E-state index is 0.0658. The quantitative estimate of drug-likeness (QED) is 0.308. The van der Waals surface area contributed by atoms with Crippen molar-refractivity contribution >= 4 is 49.8 Å². The number of hydrogen-bond donors (Lipinski definition) is 0. The largest absolute Gasteiger partial charge is 0.492 e. The van der Waals surface area contributed by atoms with Crippen LogP contribution in [0.3, 0.4) is 0 Å². The van der Waals surface area contributed by atoms with Crippen LogP contribution in [0.2, 0.25) is 0 Å². The van der Waals surface area contributed by atoms with Crippen molar-refractivity contribution in [2.75, 3.05) is 27.4 Å². The molecule has 33 heavy (non-hydrogen) atoms. The number of carbonyl (C=O) groups excluding carboxylic acids is 1. The van der Waals surface area contributed by atoms with Crippen molar-refractivity contribution in [2.24, 2.45) is 0 Å². The molecule has 0 bridgehead atoms. The van der Waals surface area contributed by atoms with Crippen LogP contribution in [-0.4, -0.2) is 33.2 Å². The summed E-state index contributed by atoms with van der Waals surface area (Å²) >= 11 is 7.09. The fourth-order valence-electron chi connectivity index (χ4n) is 3.84. The molecule has 0 radical (unpaired) electrons. The van der Waals surface area contributed by atoms with Gasteiger partial charge in [0.15, 0.2) is 28.8 Å². The Labute approximate surface area is 212 Å². The van der Waals surface area contributed by atoms with Crippen molar-refractivity contribution < 1.29 is 23.7 Å². The molecule has 1 aliphatic rings. The van der Waals surface area contributed by atoms with Crippen LogP contribution < -0.4 is 18.9 Å². The molecule has 0 aliphatic heterocycles. The van der Waals surface area contributed by atoms with Crippen LogP contribution in [0.25, 0.3) is 12.2 Å². The topological polar surface area (TPSA) is 54.0 Å². The van der Waals surface area contributed by atoms with Gasteiger partial charge in [-0.1, -0.05) is 0 Å². The van der Waals surface area contributed by atoms with Gasteiger partial charge < -0.3 is 18.9 Å². The molecule has 2 aromatic carbocycles. The lowest BCUT2D eigenvalue weighted by Gasteiger charge is -2.18. The van der Waals surface area contributed by atoms with Gasteiger partial charge in [0, 0.05) is 11.1 Å². The van der Waals surface area contributed by atoms with Crippen LogP contribution >= 0.6 is 31.9 Å². The van der Waals surface area contributed by atoms with Crippen molar-refractivity contribution in [3.8, 4) is 23.0 Å². The van der Waals surface area contributed by atoms with Crippen molar-refractivity contribution in [1.82, 2.24) is 0 Å². The Bertz CT molecular complexity index is 1010. The predicted octanol–water partition coefficient (Wildman–Crippen LogP) is 7.25. The summed E-state index contributed by atoms with van der Waals surface area (Å²) in [5.74, 6) is 2.64. The maximum absolute atomic E-state index is 13.3. The molecule has 1 aliphatic carbocycles. The van der Waals surface area contributed by atoms with Gasteiger partial charge in [-0.15, -0.1) is 0 Å². The van der Waals surface area contributed by atoms with Crippen LogP contribution in [-0.2, 0) is 4.79 Å². The van der Waals surface area contributed by atoms with Gasteiger partial charge in [0.1, 0.15) is 0 Å². The van der Waals surface area contributed by atoms with E-state index >= 15 is 0 Å². The summed E-state index contributed by atoms with van der Waals surface area (Å²) in [6, 6.07) is 7.68. The van der Waals surface area contributed by atoms with E-state index in [0.717, 1.165) is 50.5 Å². The molecule has 0 spiro atoms. The minimum Gasteiger partial charge on any atom is -0.492 e. The van der Waals surface area contributed by atoms with Crippen LogP contribution in [0.5, 0.6) is 23.0 Å². The molecule has 7 heteroatoms. The van der Waals surface area contributed by atoms with Gasteiger partial charge in [0.05, 0.1) is 36.4 Å². The van der Waals surface area contributed by atoms with Crippen molar-refractivity contribution in [1.29, 1.82) is 0 Å². The van der Waals surface area contributed by atoms with Gasteiger partial charge in [0.2, 0.25) is 0 Å². The van der Waals surface area contributed by atoms with E-state index in [1.807, 2.05) is 50.3 Å². The fourth-order valence-corrected chi connectivity index (χ4v) is 5.09. The van der Waals surface area contributed by atoms with Crippen LogP contribution in [0.1, 0.15) is 44.2 Å². The van der Waals surface area contributed by atoms with E-state index in [0.29, 0.717) is 36.2 Å². The highest BCUT2D eigenvalue weighted by molar-refractivity contribution is 9.11. The molecule has 0 amide bonds. The maximum Gasteiger partial charge on any atom is 0.185 e. The smallest absolute Gasteiger partial charge is 0.185 e. The Morgan fingerprint density at radius 3 is 1.58 bits per heavy atom. The lowest BCUT2D eigenvalue weighted by molar-refractivity contribution is -0.112. The summed E-state index contributed by atoms with van der Waals surface area (Å²) in [6.07, 6.45) is 6.27. The van der Waals surface area contributed by atoms with Gasteiger partial charge in [0.25, 0.3) is 0 Å². The first-order valence-corrected chi connectivity index (χ1v) is 12.5. The molecular formula is C26H28Br2O5. The third-order valence-electron chi connectivity index (χ3n) is 5.23. The van der Waals surface area contributed by atoms with Crippen molar-refractivity contribution in [3.63, 3.8) is 0 Å². The van der Waals surface area contributed by atoms with E-state index in [2.05, 4.69) is 31.9 Å². The molecule has 0 saturated heterocycles. The number of Topliss-reactive ketones (excluding diaryl/α,β-unsaturated/α-hetero) is 1. The fraction of sp³-hybridized carbons (Fsp3) is 0.346. The molecule has 1 fully saturated rings. The van der Waals surface area contributed by atoms with E-state index in [4.69, 9.17) is 18.9 Å². The second kappa shape index (κ2) is 11.7. The number of carbonyl (C=O) groups is 1. The van der Waals surface area contributed by atoms with Gasteiger partial charge >= 0.3 is 0 Å². The summed E-state index contributed by atoms with van der Waals surface area (Å²) < 4.78 is 23.9. The Balaban J connectivity index is 1.95. The highest BCUT2D eigenvalue weighted by Gasteiger charge is 2.22. The number of benzene rings is 2. The van der Waals surface area contributed by atoms with Crippen LogP contribution in [0.15, 0.2) is 44.4 Å². The number of methoxy groups -OCH3 is 2. The zero-order valence-electron chi connectivity index (χ0n) is 19.3. The number of ether oxygens (including phenoxy) is 4. The molecule has 0 atom stereocenters. The summed E-state index contributed by atoms with van der Waals surface area (Å²) in [4.78, 5) is 13.3. The number of ketones is 1. The molecule has 1 saturated carbocycles. The summed E-state index contributed by atoms with van der Waals surface area (Å²) in [5, 5.41) is 0. The SMILES string of the molecule is CCOc1cc(/C=C2/CCC/C(=C/c3cc(Br)c(OC)c(OCC)c3)C2=O)cc(Br)c1OC. The Morgan fingerprint density at radius 1 is 0.788 bits per heavy atom. The predicted molar refractivity (Wildman–Crippen MR) is 139 cm³/mol. The first-order chi connectivity index (χ1) is 15.9. The van der Waals surface area contributed by atoms with Crippen LogP contribution in [0, 0.1) is 0 Å². The van der Waals surface area contributed by atoms with Gasteiger partial charge in [-0.3, -0.25) is 4.79 Å². The number of rotatable bonds is 8. The first-order valence-electron chi connectivity index (χ1n) is 10.9. The molecule has 0 heterocycles. The average molecular weight is 580 g/mol.